The minimum absolute atomic E-state index is 0.177. The van der Waals surface area contributed by atoms with Gasteiger partial charge in [0.05, 0.1) is 24.1 Å². The number of halogens is 1. The average Bonchev–Trinajstić information content (AvgIpc) is 3.32. The molecule has 3 rings (SSSR count). The van der Waals surface area contributed by atoms with Gasteiger partial charge in [0.25, 0.3) is 5.91 Å². The summed E-state index contributed by atoms with van der Waals surface area (Å²) in [5.74, 6) is -0.662. The zero-order valence-corrected chi connectivity index (χ0v) is 19.6. The second-order valence-corrected chi connectivity index (χ2v) is 8.45. The Morgan fingerprint density at radius 1 is 1.25 bits per heavy atom. The van der Waals surface area contributed by atoms with E-state index in [1.807, 2.05) is 0 Å². The summed E-state index contributed by atoms with van der Waals surface area (Å²) < 4.78 is 20.3. The summed E-state index contributed by atoms with van der Waals surface area (Å²) in [6, 6.07) is 8.17. The largest absolute Gasteiger partial charge is 0.465 e. The molecule has 0 saturated heterocycles. The number of nitrogens with zero attached hydrogens (tertiary/aromatic N) is 3. The average molecular weight is 476 g/mol. The van der Waals surface area contributed by atoms with E-state index in [1.165, 1.54) is 18.1 Å². The molecule has 3 aromatic rings. The molecule has 2 heterocycles. The number of carbonyl (C=O) groups excluding carboxylic acids is 2. The van der Waals surface area contributed by atoms with Crippen LogP contribution in [0.3, 0.4) is 0 Å². The molecule has 1 aromatic carbocycles. The Hall–Kier alpha value is -3.31. The number of thiophene rings is 1. The molecule has 0 fully saturated rings. The number of hydrogen-bond donors (Lipinski definition) is 2. The predicted molar refractivity (Wildman–Crippen MR) is 126 cm³/mol. The lowest BCUT2D eigenvalue weighted by Gasteiger charge is -2.09. The van der Waals surface area contributed by atoms with Crippen molar-refractivity contribution in [3.63, 3.8) is 0 Å². The first-order valence-corrected chi connectivity index (χ1v) is 10.7. The number of methoxy groups -OCH3 is 1. The van der Waals surface area contributed by atoms with Crippen LogP contribution in [-0.4, -0.2) is 52.9 Å². The van der Waals surface area contributed by atoms with Crippen molar-refractivity contribution in [3.8, 4) is 0 Å². The molecule has 2 N–H and O–H groups in total. The first kappa shape index (κ1) is 23.4. The van der Waals surface area contributed by atoms with Crippen molar-refractivity contribution in [1.82, 2.24) is 14.7 Å². The fourth-order valence-electron chi connectivity index (χ4n) is 2.92. The van der Waals surface area contributed by atoms with Gasteiger partial charge >= 0.3 is 5.97 Å². The van der Waals surface area contributed by atoms with Crippen LogP contribution in [0.4, 0.5) is 15.2 Å². The summed E-state index contributed by atoms with van der Waals surface area (Å²) in [7, 11) is 4.54. The quantitative estimate of drug-likeness (QED) is 0.415. The number of aromatic nitrogens is 2. The van der Waals surface area contributed by atoms with E-state index >= 15 is 0 Å². The lowest BCUT2D eigenvalue weighted by molar-refractivity contribution is 0.0601. The van der Waals surface area contributed by atoms with E-state index in [1.54, 1.807) is 56.2 Å². The Morgan fingerprint density at radius 2 is 1.97 bits per heavy atom. The fraction of sp³-hybridized carbons (Fsp3) is 0.238. The van der Waals surface area contributed by atoms with E-state index < -0.39 is 5.97 Å². The van der Waals surface area contributed by atoms with Gasteiger partial charge in [-0.05, 0) is 30.8 Å². The second-order valence-electron chi connectivity index (χ2n) is 7.02. The van der Waals surface area contributed by atoms with Crippen molar-refractivity contribution in [2.24, 2.45) is 0 Å². The maximum atomic E-state index is 13.9. The molecule has 168 valence electrons. The van der Waals surface area contributed by atoms with Crippen molar-refractivity contribution in [3.05, 3.63) is 63.9 Å². The predicted octanol–water partition coefficient (Wildman–Crippen LogP) is 3.74. The highest BCUT2D eigenvalue weighted by Gasteiger charge is 2.26. The third-order valence-corrected chi connectivity index (χ3v) is 5.94. The minimum Gasteiger partial charge on any atom is -0.465 e. The number of benzene rings is 1. The number of carbonyl (C=O) groups is 2. The van der Waals surface area contributed by atoms with Gasteiger partial charge in [-0.2, -0.15) is 5.10 Å². The Morgan fingerprint density at radius 3 is 2.62 bits per heavy atom. The maximum Gasteiger partial charge on any atom is 0.341 e. The Balaban J connectivity index is 1.75. The van der Waals surface area contributed by atoms with Crippen LogP contribution in [0.2, 0.25) is 0 Å². The molecule has 0 atom stereocenters. The molecular weight excluding hydrogens is 453 g/mol. The van der Waals surface area contributed by atoms with E-state index in [9.17, 15) is 14.0 Å². The molecule has 0 bridgehead atoms. The van der Waals surface area contributed by atoms with Crippen LogP contribution >= 0.6 is 23.6 Å². The summed E-state index contributed by atoms with van der Waals surface area (Å²) in [5.41, 5.74) is 1.27. The van der Waals surface area contributed by atoms with Gasteiger partial charge in [0.1, 0.15) is 10.8 Å². The molecule has 2 aromatic heterocycles. The van der Waals surface area contributed by atoms with E-state index in [0.717, 1.165) is 11.3 Å². The lowest BCUT2D eigenvalue weighted by atomic mass is 10.1. The number of amides is 1. The van der Waals surface area contributed by atoms with Gasteiger partial charge in [-0.3, -0.25) is 9.48 Å². The summed E-state index contributed by atoms with van der Waals surface area (Å²) in [4.78, 5) is 26.6. The van der Waals surface area contributed by atoms with Gasteiger partial charge in [0, 0.05) is 31.9 Å². The van der Waals surface area contributed by atoms with Gasteiger partial charge in [0.15, 0.2) is 10.9 Å². The van der Waals surface area contributed by atoms with Gasteiger partial charge in [-0.25, -0.2) is 9.18 Å². The summed E-state index contributed by atoms with van der Waals surface area (Å²) >= 11 is 6.47. The standard InChI is InChI=1S/C21H22FN5O3S2/c1-12-16(20(29)30-4)18(32-17(12)19(28)26(2)3)24-21(31)23-15-9-10-27(25-15)11-13-7-5-6-8-14(13)22/h5-10H,11H2,1-4H3,(H2,23,24,25,31). The number of nitrogens with one attached hydrogen (secondary N) is 2. The Bertz CT molecular complexity index is 1170. The Labute approximate surface area is 194 Å². The van der Waals surface area contributed by atoms with Crippen LogP contribution in [0, 0.1) is 12.7 Å². The zero-order valence-electron chi connectivity index (χ0n) is 17.9. The molecule has 0 radical (unpaired) electrons. The number of esters is 1. The van der Waals surface area contributed by atoms with Crippen molar-refractivity contribution < 1.29 is 18.7 Å². The van der Waals surface area contributed by atoms with Crippen molar-refractivity contribution in [2.75, 3.05) is 31.8 Å². The molecule has 0 aliphatic carbocycles. The number of rotatable bonds is 6. The number of anilines is 2. The van der Waals surface area contributed by atoms with E-state index in [2.05, 4.69) is 15.7 Å². The van der Waals surface area contributed by atoms with Crippen LogP contribution in [0.1, 0.15) is 31.2 Å². The SMILES string of the molecule is COC(=O)c1c(NC(=S)Nc2ccn(Cc3ccccc3F)n2)sc(C(=O)N(C)C)c1C. The molecule has 0 aliphatic heterocycles. The monoisotopic (exact) mass is 475 g/mol. The van der Waals surface area contributed by atoms with Gasteiger partial charge in [-0.15, -0.1) is 11.3 Å². The highest BCUT2D eigenvalue weighted by Crippen LogP contribution is 2.34. The van der Waals surface area contributed by atoms with Crippen molar-refractivity contribution >= 4 is 51.4 Å². The maximum absolute atomic E-state index is 13.9. The third kappa shape index (κ3) is 5.11. The normalized spacial score (nSPS) is 10.5. The molecule has 0 aliphatic rings. The van der Waals surface area contributed by atoms with Crippen LogP contribution in [-0.2, 0) is 11.3 Å². The molecule has 32 heavy (non-hydrogen) atoms. The van der Waals surface area contributed by atoms with E-state index in [0.29, 0.717) is 26.8 Å². The second kappa shape index (κ2) is 9.88. The molecule has 1 amide bonds. The third-order valence-electron chi connectivity index (χ3n) is 4.54. The molecule has 0 unspecified atom stereocenters. The molecule has 11 heteroatoms. The molecule has 8 nitrogen and oxygen atoms in total. The minimum atomic E-state index is -0.573. The van der Waals surface area contributed by atoms with Gasteiger partial charge < -0.3 is 20.3 Å². The van der Waals surface area contributed by atoms with Crippen LogP contribution in [0.25, 0.3) is 0 Å². The van der Waals surface area contributed by atoms with Crippen molar-refractivity contribution in [1.29, 1.82) is 0 Å². The van der Waals surface area contributed by atoms with Gasteiger partial charge in [-0.1, -0.05) is 18.2 Å². The summed E-state index contributed by atoms with van der Waals surface area (Å²) in [6.45, 7) is 1.95. The van der Waals surface area contributed by atoms with E-state index in [-0.39, 0.29) is 28.9 Å². The lowest BCUT2D eigenvalue weighted by Crippen LogP contribution is -2.21. The Kier molecular flexibility index (Phi) is 7.21. The first-order chi connectivity index (χ1) is 15.2. The number of hydrogen-bond acceptors (Lipinski definition) is 6. The van der Waals surface area contributed by atoms with Crippen LogP contribution in [0.15, 0.2) is 36.5 Å². The van der Waals surface area contributed by atoms with Gasteiger partial charge in [0.2, 0.25) is 0 Å². The fourth-order valence-corrected chi connectivity index (χ4v) is 4.42. The van der Waals surface area contributed by atoms with E-state index in [4.69, 9.17) is 17.0 Å². The van der Waals surface area contributed by atoms with Crippen LogP contribution in [0.5, 0.6) is 0 Å². The molecular formula is C21H22FN5O3S2. The number of ether oxygens (including phenoxy) is 1. The number of thiocarbonyl (C=S) groups is 1. The molecule has 0 spiro atoms. The topological polar surface area (TPSA) is 88.5 Å². The van der Waals surface area contributed by atoms with Crippen LogP contribution < -0.4 is 10.6 Å². The smallest absolute Gasteiger partial charge is 0.341 e. The molecule has 0 saturated carbocycles. The first-order valence-electron chi connectivity index (χ1n) is 9.49. The highest BCUT2D eigenvalue weighted by atomic mass is 32.1. The highest BCUT2D eigenvalue weighted by molar-refractivity contribution is 7.80. The summed E-state index contributed by atoms with van der Waals surface area (Å²) in [6.07, 6.45) is 1.69. The zero-order chi connectivity index (χ0) is 23.4. The summed E-state index contributed by atoms with van der Waals surface area (Å²) in [5, 5.41) is 10.8. The van der Waals surface area contributed by atoms with Crippen molar-refractivity contribution in [2.45, 2.75) is 13.5 Å².